The number of hydrogen-bond acceptors (Lipinski definition) is 4. The number of rotatable bonds is 6. The van der Waals surface area contributed by atoms with Crippen LogP contribution in [0.25, 0.3) is 0 Å². The second-order valence-corrected chi connectivity index (χ2v) is 3.39. The van der Waals surface area contributed by atoms with E-state index < -0.39 is 30.4 Å². The van der Waals surface area contributed by atoms with Gasteiger partial charge >= 0.3 is 18.0 Å². The highest BCUT2D eigenvalue weighted by Crippen LogP contribution is 1.94. The molecular formula is C9H12N4O5. The molecule has 0 aromatic carbocycles. The summed E-state index contributed by atoms with van der Waals surface area (Å²) < 4.78 is 0. The summed E-state index contributed by atoms with van der Waals surface area (Å²) in [6.45, 7) is 0.130. The number of carboxylic acid groups (broad SMARTS) is 2. The van der Waals surface area contributed by atoms with Crippen LogP contribution in [0.1, 0.15) is 12.1 Å². The predicted octanol–water partition coefficient (Wildman–Crippen LogP) is -0.863. The molecular weight excluding hydrogens is 244 g/mol. The maximum Gasteiger partial charge on any atom is 0.326 e. The predicted molar refractivity (Wildman–Crippen MR) is 57.6 cm³/mol. The number of urea groups is 1. The van der Waals surface area contributed by atoms with Crippen LogP contribution < -0.4 is 10.6 Å². The van der Waals surface area contributed by atoms with E-state index in [-0.39, 0.29) is 6.54 Å². The largest absolute Gasteiger partial charge is 0.481 e. The Morgan fingerprint density at radius 2 is 2.11 bits per heavy atom. The Bertz CT molecular complexity index is 430. The lowest BCUT2D eigenvalue weighted by Crippen LogP contribution is -2.46. The number of H-pyrrole nitrogens is 1. The van der Waals surface area contributed by atoms with Crippen molar-refractivity contribution in [1.82, 2.24) is 20.6 Å². The first-order valence-electron chi connectivity index (χ1n) is 4.95. The van der Waals surface area contributed by atoms with Crippen LogP contribution in [0, 0.1) is 0 Å². The second kappa shape index (κ2) is 6.23. The van der Waals surface area contributed by atoms with Gasteiger partial charge in [-0.05, 0) is 0 Å². The molecule has 9 heteroatoms. The lowest BCUT2D eigenvalue weighted by atomic mass is 10.2. The van der Waals surface area contributed by atoms with Gasteiger partial charge in [-0.25, -0.2) is 14.6 Å². The molecule has 98 valence electrons. The van der Waals surface area contributed by atoms with Crippen LogP contribution in [0.3, 0.4) is 0 Å². The summed E-state index contributed by atoms with van der Waals surface area (Å²) in [6, 6.07) is -2.23. The minimum absolute atomic E-state index is 0.130. The van der Waals surface area contributed by atoms with Crippen molar-refractivity contribution in [3.8, 4) is 0 Å². The molecule has 0 saturated carbocycles. The van der Waals surface area contributed by atoms with Crippen LogP contribution in [-0.4, -0.2) is 44.2 Å². The molecule has 5 N–H and O–H groups in total. The number of nitrogens with one attached hydrogen (secondary N) is 3. The van der Waals surface area contributed by atoms with E-state index in [0.29, 0.717) is 5.69 Å². The highest BCUT2D eigenvalue weighted by molar-refractivity contribution is 5.86. The van der Waals surface area contributed by atoms with Gasteiger partial charge in [0.05, 0.1) is 25.0 Å². The van der Waals surface area contributed by atoms with Gasteiger partial charge in [0.2, 0.25) is 0 Å². The fourth-order valence-electron chi connectivity index (χ4n) is 1.14. The van der Waals surface area contributed by atoms with Gasteiger partial charge in [0.25, 0.3) is 0 Å². The molecule has 0 saturated heterocycles. The monoisotopic (exact) mass is 256 g/mol. The molecule has 1 atom stereocenters. The van der Waals surface area contributed by atoms with Crippen molar-refractivity contribution in [2.75, 3.05) is 0 Å². The van der Waals surface area contributed by atoms with Gasteiger partial charge in [-0.15, -0.1) is 0 Å². The summed E-state index contributed by atoms with van der Waals surface area (Å²) in [5, 5.41) is 21.6. The van der Waals surface area contributed by atoms with E-state index >= 15 is 0 Å². The Kier molecular flexibility index (Phi) is 4.67. The molecule has 1 heterocycles. The molecule has 1 aromatic rings. The van der Waals surface area contributed by atoms with Gasteiger partial charge in [-0.3, -0.25) is 4.79 Å². The summed E-state index contributed by atoms with van der Waals surface area (Å²) >= 11 is 0. The topological polar surface area (TPSA) is 144 Å². The molecule has 0 aliphatic heterocycles. The molecule has 1 aromatic heterocycles. The van der Waals surface area contributed by atoms with E-state index in [1.807, 2.05) is 5.32 Å². The quantitative estimate of drug-likeness (QED) is 0.447. The second-order valence-electron chi connectivity index (χ2n) is 3.39. The van der Waals surface area contributed by atoms with E-state index in [4.69, 9.17) is 10.2 Å². The summed E-state index contributed by atoms with van der Waals surface area (Å²) in [4.78, 5) is 38.9. The smallest absolute Gasteiger partial charge is 0.326 e. The van der Waals surface area contributed by atoms with Crippen molar-refractivity contribution in [3.05, 3.63) is 18.2 Å². The zero-order valence-electron chi connectivity index (χ0n) is 9.21. The zero-order chi connectivity index (χ0) is 13.5. The van der Waals surface area contributed by atoms with E-state index in [0.717, 1.165) is 0 Å². The maximum atomic E-state index is 11.3. The summed E-state index contributed by atoms with van der Waals surface area (Å²) in [7, 11) is 0. The first-order valence-corrected chi connectivity index (χ1v) is 4.95. The van der Waals surface area contributed by atoms with Crippen molar-refractivity contribution in [2.24, 2.45) is 0 Å². The van der Waals surface area contributed by atoms with Crippen LogP contribution >= 0.6 is 0 Å². The number of aromatic nitrogens is 2. The van der Waals surface area contributed by atoms with Gasteiger partial charge in [0.1, 0.15) is 6.04 Å². The number of imidazole rings is 1. The number of carboxylic acids is 2. The number of carbonyl (C=O) groups excluding carboxylic acids is 1. The number of aliphatic carboxylic acids is 2. The first kappa shape index (κ1) is 13.5. The third-order valence-corrected chi connectivity index (χ3v) is 1.98. The van der Waals surface area contributed by atoms with E-state index in [9.17, 15) is 14.4 Å². The molecule has 1 rings (SSSR count). The Balaban J connectivity index is 2.41. The molecule has 9 nitrogen and oxygen atoms in total. The zero-order valence-corrected chi connectivity index (χ0v) is 9.21. The SMILES string of the molecule is O=C(O)CC(NC(=O)NCc1cnc[nH]1)C(=O)O. The number of hydrogen-bond donors (Lipinski definition) is 5. The molecule has 1 unspecified atom stereocenters. The number of carbonyl (C=O) groups is 3. The lowest BCUT2D eigenvalue weighted by molar-refractivity contribution is -0.145. The molecule has 0 fully saturated rings. The fourth-order valence-corrected chi connectivity index (χ4v) is 1.14. The Morgan fingerprint density at radius 3 is 2.61 bits per heavy atom. The van der Waals surface area contributed by atoms with E-state index in [2.05, 4.69) is 15.3 Å². The highest BCUT2D eigenvalue weighted by atomic mass is 16.4. The van der Waals surface area contributed by atoms with Crippen LogP contribution in [0.4, 0.5) is 4.79 Å². The molecule has 2 amide bonds. The summed E-state index contributed by atoms with van der Waals surface area (Å²) in [5.41, 5.74) is 0.634. The summed E-state index contributed by atoms with van der Waals surface area (Å²) in [5.74, 6) is -2.72. The fraction of sp³-hybridized carbons (Fsp3) is 0.333. The normalized spacial score (nSPS) is 11.6. The van der Waals surface area contributed by atoms with Crippen molar-refractivity contribution in [1.29, 1.82) is 0 Å². The Hall–Kier alpha value is -2.58. The lowest BCUT2D eigenvalue weighted by Gasteiger charge is -2.12. The van der Waals surface area contributed by atoms with Crippen LogP contribution in [0.15, 0.2) is 12.5 Å². The first-order chi connectivity index (χ1) is 8.49. The minimum Gasteiger partial charge on any atom is -0.481 e. The van der Waals surface area contributed by atoms with Gasteiger partial charge in [0.15, 0.2) is 0 Å². The third kappa shape index (κ3) is 4.51. The van der Waals surface area contributed by atoms with Crippen molar-refractivity contribution < 1.29 is 24.6 Å². The Labute approximate surface area is 101 Å². The van der Waals surface area contributed by atoms with Gasteiger partial charge in [-0.1, -0.05) is 0 Å². The Morgan fingerprint density at radius 1 is 1.39 bits per heavy atom. The number of nitrogens with zero attached hydrogens (tertiary/aromatic N) is 1. The third-order valence-electron chi connectivity index (χ3n) is 1.98. The van der Waals surface area contributed by atoms with Crippen molar-refractivity contribution in [2.45, 2.75) is 19.0 Å². The van der Waals surface area contributed by atoms with Crippen LogP contribution in [0.5, 0.6) is 0 Å². The molecule has 0 aliphatic rings. The van der Waals surface area contributed by atoms with E-state index in [1.165, 1.54) is 12.5 Å². The van der Waals surface area contributed by atoms with Gasteiger partial charge in [-0.2, -0.15) is 0 Å². The van der Waals surface area contributed by atoms with Crippen LogP contribution in [0.2, 0.25) is 0 Å². The molecule has 0 bridgehead atoms. The average molecular weight is 256 g/mol. The standard InChI is InChI=1S/C9H12N4O5/c14-7(15)1-6(8(16)17)13-9(18)11-3-5-2-10-4-12-5/h2,4,6H,1,3H2,(H,10,12)(H,14,15)(H,16,17)(H2,11,13,18). The molecule has 0 aliphatic carbocycles. The van der Waals surface area contributed by atoms with E-state index in [1.54, 1.807) is 0 Å². The van der Waals surface area contributed by atoms with Gasteiger partial charge in [0, 0.05) is 6.20 Å². The van der Waals surface area contributed by atoms with Crippen LogP contribution in [-0.2, 0) is 16.1 Å². The minimum atomic E-state index is -1.47. The van der Waals surface area contributed by atoms with Crippen molar-refractivity contribution in [3.63, 3.8) is 0 Å². The number of aromatic amines is 1. The van der Waals surface area contributed by atoms with Gasteiger partial charge < -0.3 is 25.8 Å². The molecule has 18 heavy (non-hydrogen) atoms. The highest BCUT2D eigenvalue weighted by Gasteiger charge is 2.22. The number of amides is 2. The average Bonchev–Trinajstić information content (AvgIpc) is 2.77. The molecule has 0 radical (unpaired) electrons. The maximum absolute atomic E-state index is 11.3. The van der Waals surface area contributed by atoms with Crippen molar-refractivity contribution >= 4 is 18.0 Å². The summed E-state index contributed by atoms with van der Waals surface area (Å²) in [6.07, 6.45) is 2.23. The molecule has 0 spiro atoms.